The minimum Gasteiger partial charge on any atom is -0.444 e. The summed E-state index contributed by atoms with van der Waals surface area (Å²) in [7, 11) is 0. The fourth-order valence-electron chi connectivity index (χ4n) is 1.89. The standard InChI is InChI=1S/C17H27ClN2O2/c1-6-14(11-20-16(21)22-17(3,4)5)19-10-13-8-7-12(2)15(18)9-13/h7-9,14,19H,6,10-11H2,1-5H3,(H,20,21). The van der Waals surface area contributed by atoms with E-state index in [0.717, 1.165) is 22.6 Å². The van der Waals surface area contributed by atoms with Crippen molar-refractivity contribution >= 4 is 17.7 Å². The summed E-state index contributed by atoms with van der Waals surface area (Å²) in [5.41, 5.74) is 1.73. The number of alkyl carbamates (subject to hydrolysis) is 1. The van der Waals surface area contributed by atoms with Gasteiger partial charge in [-0.15, -0.1) is 0 Å². The molecule has 22 heavy (non-hydrogen) atoms. The Morgan fingerprint density at radius 2 is 2.05 bits per heavy atom. The summed E-state index contributed by atoms with van der Waals surface area (Å²) in [6.07, 6.45) is 0.529. The van der Waals surface area contributed by atoms with Crippen LogP contribution in [0.1, 0.15) is 45.2 Å². The lowest BCUT2D eigenvalue weighted by Crippen LogP contribution is -2.42. The molecule has 0 heterocycles. The molecule has 1 aromatic carbocycles. The zero-order valence-electron chi connectivity index (χ0n) is 14.1. The van der Waals surface area contributed by atoms with E-state index in [0.29, 0.717) is 13.1 Å². The molecule has 0 aliphatic rings. The van der Waals surface area contributed by atoms with Crippen LogP contribution in [0, 0.1) is 6.92 Å². The Morgan fingerprint density at radius 3 is 2.59 bits per heavy atom. The average Bonchev–Trinajstić information content (AvgIpc) is 2.41. The highest BCUT2D eigenvalue weighted by Crippen LogP contribution is 2.16. The second-order valence-electron chi connectivity index (χ2n) is 6.45. The largest absolute Gasteiger partial charge is 0.444 e. The Balaban J connectivity index is 2.42. The van der Waals surface area contributed by atoms with E-state index in [1.54, 1.807) is 0 Å². The zero-order chi connectivity index (χ0) is 16.8. The maximum atomic E-state index is 11.7. The van der Waals surface area contributed by atoms with E-state index in [9.17, 15) is 4.79 Å². The number of carbonyl (C=O) groups is 1. The monoisotopic (exact) mass is 326 g/mol. The topological polar surface area (TPSA) is 50.4 Å². The fraction of sp³-hybridized carbons (Fsp3) is 0.588. The van der Waals surface area contributed by atoms with Gasteiger partial charge in [-0.2, -0.15) is 0 Å². The molecule has 0 saturated carbocycles. The maximum Gasteiger partial charge on any atom is 0.407 e. The maximum absolute atomic E-state index is 11.7. The van der Waals surface area contributed by atoms with E-state index in [1.165, 1.54) is 0 Å². The lowest BCUT2D eigenvalue weighted by atomic mass is 10.1. The number of ether oxygens (including phenoxy) is 1. The van der Waals surface area contributed by atoms with Crippen molar-refractivity contribution in [1.29, 1.82) is 0 Å². The third kappa shape index (κ3) is 7.14. The first-order valence-electron chi connectivity index (χ1n) is 7.66. The van der Waals surface area contributed by atoms with Crippen LogP contribution in [0.5, 0.6) is 0 Å². The van der Waals surface area contributed by atoms with E-state index in [-0.39, 0.29) is 12.1 Å². The quantitative estimate of drug-likeness (QED) is 0.829. The van der Waals surface area contributed by atoms with Gasteiger partial charge in [0.1, 0.15) is 5.60 Å². The molecule has 1 rings (SSSR count). The molecule has 5 heteroatoms. The minimum absolute atomic E-state index is 0.188. The summed E-state index contributed by atoms with van der Waals surface area (Å²) in [5, 5.41) is 7.00. The molecule has 0 bridgehead atoms. The van der Waals surface area contributed by atoms with Crippen LogP contribution in [0.15, 0.2) is 18.2 Å². The third-order valence-electron chi connectivity index (χ3n) is 3.22. The van der Waals surface area contributed by atoms with Crippen molar-refractivity contribution in [2.45, 2.75) is 59.2 Å². The molecule has 1 unspecified atom stereocenters. The second kappa shape index (κ2) is 8.39. The van der Waals surface area contributed by atoms with Gasteiger partial charge in [-0.05, 0) is 51.3 Å². The molecule has 4 nitrogen and oxygen atoms in total. The number of amides is 1. The predicted molar refractivity (Wildman–Crippen MR) is 91.3 cm³/mol. The Kier molecular flexibility index (Phi) is 7.17. The number of hydrogen-bond acceptors (Lipinski definition) is 3. The normalized spacial score (nSPS) is 12.8. The van der Waals surface area contributed by atoms with Gasteiger partial charge in [0.2, 0.25) is 0 Å². The Labute approximate surface area is 138 Å². The van der Waals surface area contributed by atoms with E-state index < -0.39 is 5.60 Å². The van der Waals surface area contributed by atoms with Crippen LogP contribution in [0.4, 0.5) is 4.79 Å². The van der Waals surface area contributed by atoms with Gasteiger partial charge in [0.15, 0.2) is 0 Å². The van der Waals surface area contributed by atoms with Crippen molar-refractivity contribution in [2.24, 2.45) is 0 Å². The number of rotatable bonds is 6. The summed E-state index contributed by atoms with van der Waals surface area (Å²) in [4.78, 5) is 11.7. The molecule has 0 radical (unpaired) electrons. The molecule has 1 aromatic rings. The SMILES string of the molecule is CCC(CNC(=O)OC(C)(C)C)NCc1ccc(C)c(Cl)c1. The summed E-state index contributed by atoms with van der Waals surface area (Å²) in [5.74, 6) is 0. The van der Waals surface area contributed by atoms with Crippen LogP contribution in [0.3, 0.4) is 0 Å². The number of nitrogens with one attached hydrogen (secondary N) is 2. The van der Waals surface area contributed by atoms with E-state index >= 15 is 0 Å². The molecule has 124 valence electrons. The van der Waals surface area contributed by atoms with Crippen molar-refractivity contribution < 1.29 is 9.53 Å². The predicted octanol–water partition coefficient (Wildman–Crippen LogP) is 4.04. The van der Waals surface area contributed by atoms with Gasteiger partial charge < -0.3 is 15.4 Å². The lowest BCUT2D eigenvalue weighted by molar-refractivity contribution is 0.0522. The van der Waals surface area contributed by atoms with E-state index in [1.807, 2.05) is 39.8 Å². The molecule has 0 aliphatic heterocycles. The Bertz CT molecular complexity index is 498. The molecule has 0 aromatic heterocycles. The van der Waals surface area contributed by atoms with Crippen molar-refractivity contribution in [3.63, 3.8) is 0 Å². The van der Waals surface area contributed by atoms with E-state index in [4.69, 9.17) is 16.3 Å². The van der Waals surface area contributed by atoms with Gasteiger partial charge in [-0.3, -0.25) is 0 Å². The Hall–Kier alpha value is -1.26. The molecule has 1 atom stereocenters. The molecule has 0 aliphatic carbocycles. The van der Waals surface area contributed by atoms with Crippen LogP contribution in [-0.4, -0.2) is 24.3 Å². The van der Waals surface area contributed by atoms with Gasteiger partial charge in [0, 0.05) is 24.2 Å². The number of benzene rings is 1. The highest BCUT2D eigenvalue weighted by atomic mass is 35.5. The molecular formula is C17H27ClN2O2. The van der Waals surface area contributed by atoms with Gasteiger partial charge in [0.25, 0.3) is 0 Å². The van der Waals surface area contributed by atoms with Crippen molar-refractivity contribution in [3.05, 3.63) is 34.3 Å². The van der Waals surface area contributed by atoms with Crippen LogP contribution in [0.2, 0.25) is 5.02 Å². The number of carbonyl (C=O) groups excluding carboxylic acids is 1. The summed E-state index contributed by atoms with van der Waals surface area (Å²) >= 11 is 6.13. The van der Waals surface area contributed by atoms with Crippen LogP contribution in [0.25, 0.3) is 0 Å². The van der Waals surface area contributed by atoms with Gasteiger partial charge >= 0.3 is 6.09 Å². The highest BCUT2D eigenvalue weighted by molar-refractivity contribution is 6.31. The molecule has 0 saturated heterocycles. The fourth-order valence-corrected chi connectivity index (χ4v) is 2.09. The lowest BCUT2D eigenvalue weighted by Gasteiger charge is -2.22. The summed E-state index contributed by atoms with van der Waals surface area (Å²) in [6, 6.07) is 6.23. The zero-order valence-corrected chi connectivity index (χ0v) is 14.9. The molecule has 0 fully saturated rings. The van der Waals surface area contributed by atoms with Gasteiger partial charge in [-0.1, -0.05) is 30.7 Å². The van der Waals surface area contributed by atoms with Crippen LogP contribution in [-0.2, 0) is 11.3 Å². The van der Waals surface area contributed by atoms with Gasteiger partial charge in [-0.25, -0.2) is 4.79 Å². The second-order valence-corrected chi connectivity index (χ2v) is 6.86. The first-order chi connectivity index (χ1) is 10.2. The first kappa shape index (κ1) is 18.8. The molecule has 2 N–H and O–H groups in total. The molecular weight excluding hydrogens is 300 g/mol. The van der Waals surface area contributed by atoms with Gasteiger partial charge in [0.05, 0.1) is 0 Å². The average molecular weight is 327 g/mol. The summed E-state index contributed by atoms with van der Waals surface area (Å²) < 4.78 is 5.23. The third-order valence-corrected chi connectivity index (χ3v) is 3.62. The number of hydrogen-bond donors (Lipinski definition) is 2. The molecule has 0 spiro atoms. The number of halogens is 1. The summed E-state index contributed by atoms with van der Waals surface area (Å²) in [6.45, 7) is 10.9. The van der Waals surface area contributed by atoms with Crippen molar-refractivity contribution in [2.75, 3.05) is 6.54 Å². The van der Waals surface area contributed by atoms with Crippen LogP contribution >= 0.6 is 11.6 Å². The minimum atomic E-state index is -0.474. The Morgan fingerprint density at radius 1 is 1.36 bits per heavy atom. The van der Waals surface area contributed by atoms with E-state index in [2.05, 4.69) is 23.6 Å². The first-order valence-corrected chi connectivity index (χ1v) is 8.04. The van der Waals surface area contributed by atoms with Crippen LogP contribution < -0.4 is 10.6 Å². The number of aryl methyl sites for hydroxylation is 1. The van der Waals surface area contributed by atoms with Crippen molar-refractivity contribution in [1.82, 2.24) is 10.6 Å². The molecule has 1 amide bonds. The highest BCUT2D eigenvalue weighted by Gasteiger charge is 2.16. The van der Waals surface area contributed by atoms with Crippen molar-refractivity contribution in [3.8, 4) is 0 Å². The smallest absolute Gasteiger partial charge is 0.407 e.